The Kier molecular flexibility index (Phi) is 3.77. The Morgan fingerprint density at radius 1 is 1.25 bits per heavy atom. The summed E-state index contributed by atoms with van der Waals surface area (Å²) in [6.07, 6.45) is 2.21. The van der Waals surface area contributed by atoms with Crippen LogP contribution in [-0.4, -0.2) is 30.4 Å². The zero-order valence-corrected chi connectivity index (χ0v) is 8.93. The van der Waals surface area contributed by atoms with Crippen LogP contribution >= 0.6 is 0 Å². The van der Waals surface area contributed by atoms with Crippen LogP contribution in [0, 0.1) is 0 Å². The van der Waals surface area contributed by atoms with Crippen molar-refractivity contribution in [1.82, 2.24) is 0 Å². The molecule has 0 amide bonds. The molecule has 0 saturated carbocycles. The molecule has 5 nitrogen and oxygen atoms in total. The summed E-state index contributed by atoms with van der Waals surface area (Å²) in [6, 6.07) is 2.86. The molecule has 0 unspecified atom stereocenters. The first-order valence-corrected chi connectivity index (χ1v) is 4.44. The Hall–Kier alpha value is -2.17. The van der Waals surface area contributed by atoms with Gasteiger partial charge in [-0.2, -0.15) is 0 Å². The molecular formula is C11H12O5. The summed E-state index contributed by atoms with van der Waals surface area (Å²) in [5, 5.41) is 18.0. The number of benzene rings is 1. The molecule has 2 N–H and O–H groups in total. The Labute approximate surface area is 92.5 Å². The van der Waals surface area contributed by atoms with Crippen molar-refractivity contribution >= 4 is 12.0 Å². The van der Waals surface area contributed by atoms with Crippen molar-refractivity contribution in [2.75, 3.05) is 14.2 Å². The number of rotatable bonds is 4. The second-order valence-corrected chi connectivity index (χ2v) is 2.94. The lowest BCUT2D eigenvalue weighted by molar-refractivity contribution is -0.131. The quantitative estimate of drug-likeness (QED) is 0.758. The van der Waals surface area contributed by atoms with E-state index in [2.05, 4.69) is 0 Å². The van der Waals surface area contributed by atoms with Gasteiger partial charge in [-0.15, -0.1) is 0 Å². The summed E-state index contributed by atoms with van der Waals surface area (Å²) in [7, 11) is 2.91. The highest BCUT2D eigenvalue weighted by Crippen LogP contribution is 2.34. The van der Waals surface area contributed by atoms with E-state index in [0.29, 0.717) is 17.1 Å². The van der Waals surface area contributed by atoms with Gasteiger partial charge >= 0.3 is 5.97 Å². The number of aliphatic carboxylic acids is 1. The molecule has 1 aromatic carbocycles. The minimum absolute atomic E-state index is 0.0739. The van der Waals surface area contributed by atoms with Crippen molar-refractivity contribution < 1.29 is 24.5 Å². The van der Waals surface area contributed by atoms with Crippen molar-refractivity contribution in [3.63, 3.8) is 0 Å². The molecule has 0 spiro atoms. The first kappa shape index (κ1) is 11.9. The lowest BCUT2D eigenvalue weighted by Crippen LogP contribution is -1.92. The van der Waals surface area contributed by atoms with Gasteiger partial charge in [-0.05, 0) is 12.1 Å². The van der Waals surface area contributed by atoms with E-state index in [1.807, 2.05) is 0 Å². The van der Waals surface area contributed by atoms with Crippen LogP contribution in [0.2, 0.25) is 0 Å². The van der Waals surface area contributed by atoms with Crippen LogP contribution in [0.5, 0.6) is 17.2 Å². The standard InChI is InChI=1S/C11H12O5/c1-15-9-5-7(3-4-11(13)14)8(12)6-10(9)16-2/h3-6,12H,1-2H3,(H,13,14). The highest BCUT2D eigenvalue weighted by atomic mass is 16.5. The number of ether oxygens (including phenoxy) is 2. The average molecular weight is 224 g/mol. The summed E-state index contributed by atoms with van der Waals surface area (Å²) in [5.74, 6) is -0.359. The maximum atomic E-state index is 10.3. The third-order valence-electron chi connectivity index (χ3n) is 1.94. The molecular weight excluding hydrogens is 212 g/mol. The summed E-state index contributed by atoms with van der Waals surface area (Å²) in [6.45, 7) is 0. The van der Waals surface area contributed by atoms with Crippen molar-refractivity contribution in [2.24, 2.45) is 0 Å². The SMILES string of the molecule is COc1cc(O)c(C=CC(=O)O)cc1OC. The van der Waals surface area contributed by atoms with Crippen molar-refractivity contribution in [3.8, 4) is 17.2 Å². The smallest absolute Gasteiger partial charge is 0.328 e. The van der Waals surface area contributed by atoms with E-state index in [1.54, 1.807) is 0 Å². The van der Waals surface area contributed by atoms with Gasteiger partial charge in [-0.1, -0.05) is 0 Å². The number of carboxylic acid groups (broad SMARTS) is 1. The fourth-order valence-electron chi connectivity index (χ4n) is 1.18. The predicted octanol–water partition coefficient (Wildman–Crippen LogP) is 1.51. The lowest BCUT2D eigenvalue weighted by Gasteiger charge is -2.09. The van der Waals surface area contributed by atoms with Crippen molar-refractivity contribution in [2.45, 2.75) is 0 Å². The molecule has 0 aromatic heterocycles. The zero-order valence-electron chi connectivity index (χ0n) is 8.93. The van der Waals surface area contributed by atoms with Crippen LogP contribution in [0.4, 0.5) is 0 Å². The molecule has 0 saturated heterocycles. The second kappa shape index (κ2) is 5.06. The summed E-state index contributed by atoms with van der Waals surface area (Å²) < 4.78 is 9.99. The van der Waals surface area contributed by atoms with E-state index in [4.69, 9.17) is 14.6 Å². The number of aromatic hydroxyl groups is 1. The van der Waals surface area contributed by atoms with E-state index in [0.717, 1.165) is 6.08 Å². The second-order valence-electron chi connectivity index (χ2n) is 2.94. The molecule has 0 aliphatic heterocycles. The van der Waals surface area contributed by atoms with Gasteiger partial charge in [0.2, 0.25) is 0 Å². The fraction of sp³-hybridized carbons (Fsp3) is 0.182. The third kappa shape index (κ3) is 2.66. The molecule has 1 rings (SSSR count). The largest absolute Gasteiger partial charge is 0.507 e. The van der Waals surface area contributed by atoms with Gasteiger partial charge in [0.15, 0.2) is 11.5 Å². The number of phenols is 1. The van der Waals surface area contributed by atoms with Crippen LogP contribution in [0.3, 0.4) is 0 Å². The van der Waals surface area contributed by atoms with E-state index in [-0.39, 0.29) is 5.75 Å². The predicted molar refractivity (Wildman–Crippen MR) is 57.9 cm³/mol. The molecule has 16 heavy (non-hydrogen) atoms. The normalized spacial score (nSPS) is 10.4. The number of hydrogen-bond donors (Lipinski definition) is 2. The molecule has 0 aliphatic carbocycles. The van der Waals surface area contributed by atoms with Crippen LogP contribution in [-0.2, 0) is 4.79 Å². The van der Waals surface area contributed by atoms with E-state index in [1.165, 1.54) is 32.4 Å². The monoisotopic (exact) mass is 224 g/mol. The van der Waals surface area contributed by atoms with Crippen LogP contribution in [0.1, 0.15) is 5.56 Å². The third-order valence-corrected chi connectivity index (χ3v) is 1.94. The average Bonchev–Trinajstić information content (AvgIpc) is 2.26. The van der Waals surface area contributed by atoms with Crippen LogP contribution < -0.4 is 9.47 Å². The number of carbonyl (C=O) groups is 1. The molecule has 86 valence electrons. The molecule has 0 atom stereocenters. The molecule has 1 aromatic rings. The Morgan fingerprint density at radius 3 is 2.31 bits per heavy atom. The molecule has 5 heteroatoms. The fourth-order valence-corrected chi connectivity index (χ4v) is 1.18. The molecule has 0 aliphatic rings. The Balaban J connectivity index is 3.16. The van der Waals surface area contributed by atoms with E-state index < -0.39 is 5.97 Å². The van der Waals surface area contributed by atoms with Crippen LogP contribution in [0.25, 0.3) is 6.08 Å². The Bertz CT molecular complexity index is 423. The van der Waals surface area contributed by atoms with Gasteiger partial charge < -0.3 is 19.7 Å². The highest BCUT2D eigenvalue weighted by molar-refractivity contribution is 5.86. The molecule has 0 fully saturated rings. The number of hydrogen-bond acceptors (Lipinski definition) is 4. The Morgan fingerprint density at radius 2 is 1.81 bits per heavy atom. The summed E-state index contributed by atoms with van der Waals surface area (Å²) >= 11 is 0. The highest BCUT2D eigenvalue weighted by Gasteiger charge is 2.08. The van der Waals surface area contributed by atoms with Crippen molar-refractivity contribution in [1.29, 1.82) is 0 Å². The number of methoxy groups -OCH3 is 2. The summed E-state index contributed by atoms with van der Waals surface area (Å²) in [4.78, 5) is 10.3. The molecule has 0 radical (unpaired) electrons. The maximum Gasteiger partial charge on any atom is 0.328 e. The van der Waals surface area contributed by atoms with Crippen molar-refractivity contribution in [3.05, 3.63) is 23.8 Å². The number of carboxylic acids is 1. The van der Waals surface area contributed by atoms with Gasteiger partial charge in [-0.3, -0.25) is 0 Å². The maximum absolute atomic E-state index is 10.3. The van der Waals surface area contributed by atoms with Gasteiger partial charge in [0, 0.05) is 17.7 Å². The van der Waals surface area contributed by atoms with E-state index in [9.17, 15) is 9.90 Å². The zero-order chi connectivity index (χ0) is 12.1. The topological polar surface area (TPSA) is 76.0 Å². The first-order valence-electron chi connectivity index (χ1n) is 4.44. The minimum Gasteiger partial charge on any atom is -0.507 e. The van der Waals surface area contributed by atoms with Gasteiger partial charge in [0.25, 0.3) is 0 Å². The summed E-state index contributed by atoms with van der Waals surface area (Å²) in [5.41, 5.74) is 0.347. The minimum atomic E-state index is -1.09. The lowest BCUT2D eigenvalue weighted by atomic mass is 10.1. The molecule has 0 heterocycles. The number of phenolic OH excluding ortho intramolecular Hbond substituents is 1. The van der Waals surface area contributed by atoms with Gasteiger partial charge in [-0.25, -0.2) is 4.79 Å². The first-order chi connectivity index (χ1) is 7.58. The van der Waals surface area contributed by atoms with Gasteiger partial charge in [0.05, 0.1) is 14.2 Å². The molecule has 0 bridgehead atoms. The van der Waals surface area contributed by atoms with Crippen LogP contribution in [0.15, 0.2) is 18.2 Å². The van der Waals surface area contributed by atoms with E-state index >= 15 is 0 Å². The van der Waals surface area contributed by atoms with Gasteiger partial charge in [0.1, 0.15) is 5.75 Å².